The Morgan fingerprint density at radius 3 is 2.43 bits per heavy atom. The summed E-state index contributed by atoms with van der Waals surface area (Å²) >= 11 is 0. The van der Waals surface area contributed by atoms with E-state index in [0.717, 1.165) is 5.57 Å². The average molecular weight is 496 g/mol. The fraction of sp³-hybridized carbons (Fsp3) is 0.267. The number of ketones is 2. The molecule has 1 fully saturated rings. The number of phenols is 1. The Morgan fingerprint density at radius 2 is 1.73 bits per heavy atom. The van der Waals surface area contributed by atoms with E-state index < -0.39 is 23.7 Å². The zero-order valence-electron chi connectivity index (χ0n) is 20.4. The summed E-state index contributed by atoms with van der Waals surface area (Å²) in [4.78, 5) is 55.1. The SMILES string of the molecule is COc1ccc([C@H]2C3=CC[C@@H]4C(=O)N(c5ccccc5)C(=O)[C@@H]4[C@@H]3CC3=C2C(=O)C=C(C)C3=O)c(O)c1. The molecule has 1 aliphatic heterocycles. The van der Waals surface area contributed by atoms with Crippen LogP contribution in [0.3, 0.4) is 0 Å². The summed E-state index contributed by atoms with van der Waals surface area (Å²) in [7, 11) is 1.49. The van der Waals surface area contributed by atoms with Crippen molar-refractivity contribution in [2.75, 3.05) is 12.0 Å². The Bertz CT molecular complexity index is 1480. The molecule has 0 saturated carbocycles. The third kappa shape index (κ3) is 3.34. The van der Waals surface area contributed by atoms with Crippen molar-refractivity contribution in [2.24, 2.45) is 17.8 Å². The maximum Gasteiger partial charge on any atom is 0.238 e. The number of aromatic hydroxyl groups is 1. The topological polar surface area (TPSA) is 101 Å². The smallest absolute Gasteiger partial charge is 0.238 e. The van der Waals surface area contributed by atoms with Crippen molar-refractivity contribution in [3.05, 3.63) is 88.5 Å². The second-order valence-electron chi connectivity index (χ2n) is 10.0. The number of allylic oxidation sites excluding steroid dienone is 6. The Kier molecular flexibility index (Phi) is 5.26. The quantitative estimate of drug-likeness (QED) is 0.392. The van der Waals surface area contributed by atoms with E-state index in [-0.39, 0.29) is 35.6 Å². The molecule has 7 nitrogen and oxygen atoms in total. The van der Waals surface area contributed by atoms with Gasteiger partial charge in [-0.3, -0.25) is 24.1 Å². The van der Waals surface area contributed by atoms with Crippen LogP contribution in [0.5, 0.6) is 11.5 Å². The monoisotopic (exact) mass is 495 g/mol. The van der Waals surface area contributed by atoms with Crippen LogP contribution >= 0.6 is 0 Å². The van der Waals surface area contributed by atoms with Gasteiger partial charge in [-0.15, -0.1) is 0 Å². The van der Waals surface area contributed by atoms with Gasteiger partial charge in [-0.2, -0.15) is 0 Å². The summed E-state index contributed by atoms with van der Waals surface area (Å²) in [5.41, 5.74) is 2.84. The van der Waals surface area contributed by atoms with Crippen molar-refractivity contribution in [1.29, 1.82) is 0 Å². The molecule has 2 aromatic carbocycles. The molecule has 0 radical (unpaired) electrons. The van der Waals surface area contributed by atoms with Crippen molar-refractivity contribution in [2.45, 2.75) is 25.7 Å². The number of amides is 2. The molecule has 4 atom stereocenters. The molecule has 186 valence electrons. The van der Waals surface area contributed by atoms with Gasteiger partial charge in [-0.05, 0) is 50.0 Å². The molecule has 1 heterocycles. The molecule has 1 saturated heterocycles. The molecule has 7 heteroatoms. The highest BCUT2D eigenvalue weighted by atomic mass is 16.5. The minimum atomic E-state index is -0.699. The Morgan fingerprint density at radius 1 is 0.973 bits per heavy atom. The number of Topliss-reactive ketones (excluding diaryl/α,β-unsaturated/α-hetero) is 1. The van der Waals surface area contributed by atoms with Gasteiger partial charge in [0.05, 0.1) is 24.6 Å². The standard InChI is InChI=1S/C30H25NO6/c1-15-12-24(33)27-22(28(15)34)14-21-18(25(27)19-9-8-17(37-2)13-23(19)32)10-11-20-26(21)30(36)31(29(20)35)16-6-4-3-5-7-16/h3-10,12-13,20-21,25-26,32H,11,14H2,1-2H3/t20-,21+,25+,26-/m0/s1. The third-order valence-corrected chi connectivity index (χ3v) is 8.13. The van der Waals surface area contributed by atoms with Crippen LogP contribution in [-0.2, 0) is 19.2 Å². The Hall–Kier alpha value is -4.26. The van der Waals surface area contributed by atoms with Crippen LogP contribution in [0.2, 0.25) is 0 Å². The zero-order chi connectivity index (χ0) is 26.0. The third-order valence-electron chi connectivity index (χ3n) is 8.13. The molecule has 1 N–H and O–H groups in total. The Balaban J connectivity index is 1.51. The average Bonchev–Trinajstić information content (AvgIpc) is 3.16. The summed E-state index contributed by atoms with van der Waals surface area (Å²) in [5, 5.41) is 11.0. The number of carbonyl (C=O) groups excluding carboxylic acids is 4. The lowest BCUT2D eigenvalue weighted by Gasteiger charge is -2.42. The lowest BCUT2D eigenvalue weighted by atomic mass is 9.59. The van der Waals surface area contributed by atoms with Gasteiger partial charge in [0.2, 0.25) is 11.8 Å². The van der Waals surface area contributed by atoms with E-state index in [0.29, 0.717) is 40.1 Å². The number of benzene rings is 2. The Labute approximate surface area is 213 Å². The number of imide groups is 1. The summed E-state index contributed by atoms with van der Waals surface area (Å²) in [6, 6.07) is 13.7. The highest BCUT2D eigenvalue weighted by molar-refractivity contribution is 6.25. The molecule has 6 rings (SSSR count). The van der Waals surface area contributed by atoms with Gasteiger partial charge in [0.15, 0.2) is 11.6 Å². The van der Waals surface area contributed by atoms with E-state index in [2.05, 4.69) is 0 Å². The lowest BCUT2D eigenvalue weighted by Crippen LogP contribution is -2.39. The van der Waals surface area contributed by atoms with Gasteiger partial charge in [0.25, 0.3) is 0 Å². The molecule has 2 aromatic rings. The number of para-hydroxylation sites is 1. The molecule has 3 aliphatic carbocycles. The number of nitrogens with zero attached hydrogens (tertiary/aromatic N) is 1. The zero-order valence-corrected chi connectivity index (χ0v) is 20.4. The van der Waals surface area contributed by atoms with Crippen LogP contribution in [0.1, 0.15) is 31.2 Å². The number of phenolic OH excluding ortho intramolecular Hbond substituents is 1. The number of ether oxygens (including phenoxy) is 1. The molecule has 2 amide bonds. The van der Waals surface area contributed by atoms with Crippen LogP contribution < -0.4 is 9.64 Å². The number of carbonyl (C=O) groups is 4. The summed E-state index contributed by atoms with van der Waals surface area (Å²) in [6.45, 7) is 1.61. The van der Waals surface area contributed by atoms with Gasteiger partial charge in [-0.25, -0.2) is 0 Å². The first-order valence-corrected chi connectivity index (χ1v) is 12.3. The van der Waals surface area contributed by atoms with Crippen LogP contribution in [0.15, 0.2) is 83.0 Å². The number of hydrogen-bond acceptors (Lipinski definition) is 6. The first-order valence-electron chi connectivity index (χ1n) is 12.3. The van der Waals surface area contributed by atoms with Crippen molar-refractivity contribution in [1.82, 2.24) is 0 Å². The van der Waals surface area contributed by atoms with E-state index >= 15 is 0 Å². The normalized spacial score (nSPS) is 26.9. The fourth-order valence-electron chi connectivity index (χ4n) is 6.46. The molecular weight excluding hydrogens is 470 g/mol. The molecular formula is C30H25NO6. The van der Waals surface area contributed by atoms with Crippen LogP contribution in [-0.4, -0.2) is 35.6 Å². The van der Waals surface area contributed by atoms with Crippen LogP contribution in [0.4, 0.5) is 5.69 Å². The lowest BCUT2D eigenvalue weighted by molar-refractivity contribution is -0.123. The van der Waals surface area contributed by atoms with Crippen molar-refractivity contribution >= 4 is 29.1 Å². The second kappa shape index (κ2) is 8.40. The van der Waals surface area contributed by atoms with Crippen LogP contribution in [0.25, 0.3) is 0 Å². The fourth-order valence-corrected chi connectivity index (χ4v) is 6.46. The molecule has 0 bridgehead atoms. The van der Waals surface area contributed by atoms with E-state index in [1.54, 1.807) is 43.3 Å². The highest BCUT2D eigenvalue weighted by Gasteiger charge is 2.56. The number of fused-ring (bicyclic) bond motifs is 3. The van der Waals surface area contributed by atoms with E-state index in [1.807, 2.05) is 12.1 Å². The van der Waals surface area contributed by atoms with Gasteiger partial charge in [0.1, 0.15) is 11.5 Å². The minimum absolute atomic E-state index is 0.0638. The van der Waals surface area contributed by atoms with Crippen molar-refractivity contribution < 1.29 is 29.0 Å². The largest absolute Gasteiger partial charge is 0.507 e. The van der Waals surface area contributed by atoms with Gasteiger partial charge in [0, 0.05) is 34.3 Å². The number of rotatable bonds is 3. The molecule has 4 aliphatic rings. The first-order chi connectivity index (χ1) is 17.8. The molecule has 37 heavy (non-hydrogen) atoms. The number of anilines is 1. The van der Waals surface area contributed by atoms with Gasteiger partial charge >= 0.3 is 0 Å². The van der Waals surface area contributed by atoms with E-state index in [9.17, 15) is 24.3 Å². The molecule has 0 aromatic heterocycles. The van der Waals surface area contributed by atoms with Crippen molar-refractivity contribution in [3.8, 4) is 11.5 Å². The summed E-state index contributed by atoms with van der Waals surface area (Å²) in [6.07, 6.45) is 3.83. The van der Waals surface area contributed by atoms with Gasteiger partial charge in [-0.1, -0.05) is 35.9 Å². The second-order valence-corrected chi connectivity index (χ2v) is 10.0. The number of methoxy groups -OCH3 is 1. The summed E-state index contributed by atoms with van der Waals surface area (Å²) in [5.74, 6) is -2.99. The molecule has 0 unspecified atom stereocenters. The number of hydrogen-bond donors (Lipinski definition) is 1. The van der Waals surface area contributed by atoms with E-state index in [4.69, 9.17) is 4.74 Å². The van der Waals surface area contributed by atoms with Crippen LogP contribution in [0, 0.1) is 17.8 Å². The van der Waals surface area contributed by atoms with Gasteiger partial charge < -0.3 is 9.84 Å². The predicted octanol–water partition coefficient (Wildman–Crippen LogP) is 4.03. The van der Waals surface area contributed by atoms with Crippen molar-refractivity contribution in [3.63, 3.8) is 0 Å². The highest BCUT2D eigenvalue weighted by Crippen LogP contribution is 2.56. The first kappa shape index (κ1) is 23.2. The molecule has 0 spiro atoms. The van der Waals surface area contributed by atoms with E-state index in [1.165, 1.54) is 24.2 Å². The summed E-state index contributed by atoms with van der Waals surface area (Å²) < 4.78 is 5.23. The maximum absolute atomic E-state index is 13.8. The predicted molar refractivity (Wildman–Crippen MR) is 135 cm³/mol. The minimum Gasteiger partial charge on any atom is -0.507 e. The maximum atomic E-state index is 13.8.